The van der Waals surface area contributed by atoms with Crippen LogP contribution in [-0.4, -0.2) is 27.1 Å². The molecule has 0 aromatic carbocycles. The van der Waals surface area contributed by atoms with E-state index in [2.05, 4.69) is 4.98 Å². The molecular weight excluding hydrogens is 208 g/mol. The normalized spacial score (nSPS) is 15.7. The lowest BCUT2D eigenvalue weighted by Gasteiger charge is -2.29. The molecule has 0 fully saturated rings. The van der Waals surface area contributed by atoms with Crippen LogP contribution in [0.15, 0.2) is 24.5 Å². The first-order valence-electron chi connectivity index (χ1n) is 4.04. The molecule has 1 aromatic rings. The van der Waals surface area contributed by atoms with E-state index in [1.807, 2.05) is 0 Å². The first-order valence-corrected chi connectivity index (χ1v) is 4.04. The van der Waals surface area contributed by atoms with Crippen molar-refractivity contribution in [1.29, 1.82) is 0 Å². The summed E-state index contributed by atoms with van der Waals surface area (Å²) in [4.78, 5) is 13.9. The van der Waals surface area contributed by atoms with Crippen molar-refractivity contribution in [2.24, 2.45) is 0 Å². The molecule has 0 saturated heterocycles. The lowest BCUT2D eigenvalue weighted by molar-refractivity contribution is -0.207. The predicted octanol–water partition coefficient (Wildman–Crippen LogP) is 1.01. The number of carboxylic acid groups (broad SMARTS) is 1. The van der Waals surface area contributed by atoms with Gasteiger partial charge in [0.05, 0.1) is 0 Å². The number of hydrogen-bond acceptors (Lipinski definition) is 3. The van der Waals surface area contributed by atoms with Gasteiger partial charge in [-0.05, 0) is 24.6 Å². The van der Waals surface area contributed by atoms with Gasteiger partial charge >= 0.3 is 11.9 Å². The van der Waals surface area contributed by atoms with E-state index in [-0.39, 0.29) is 5.56 Å². The van der Waals surface area contributed by atoms with E-state index < -0.39 is 17.5 Å². The summed E-state index contributed by atoms with van der Waals surface area (Å²) in [5, 5.41) is 17.8. The van der Waals surface area contributed by atoms with Crippen LogP contribution in [0.2, 0.25) is 0 Å². The van der Waals surface area contributed by atoms with Crippen LogP contribution in [-0.2, 0) is 10.4 Å². The smallest absolute Gasteiger partial charge is 0.378 e. The van der Waals surface area contributed by atoms with Gasteiger partial charge in [-0.2, -0.15) is 8.78 Å². The molecule has 0 saturated carbocycles. The molecular formula is C9H9F2NO3. The van der Waals surface area contributed by atoms with Crippen LogP contribution < -0.4 is 0 Å². The van der Waals surface area contributed by atoms with Gasteiger partial charge in [0.1, 0.15) is 0 Å². The van der Waals surface area contributed by atoms with E-state index in [1.165, 1.54) is 12.4 Å². The fourth-order valence-corrected chi connectivity index (χ4v) is 1.07. The summed E-state index contributed by atoms with van der Waals surface area (Å²) in [7, 11) is 0. The largest absolute Gasteiger partial charge is 0.477 e. The maximum atomic E-state index is 13.1. The second kappa shape index (κ2) is 3.54. The number of alkyl halides is 2. The maximum Gasteiger partial charge on any atom is 0.378 e. The molecule has 15 heavy (non-hydrogen) atoms. The number of nitrogens with zero attached hydrogens (tertiary/aromatic N) is 1. The van der Waals surface area contributed by atoms with Gasteiger partial charge in [-0.15, -0.1) is 0 Å². The summed E-state index contributed by atoms with van der Waals surface area (Å²) < 4.78 is 26.3. The highest BCUT2D eigenvalue weighted by molar-refractivity contribution is 5.77. The molecule has 0 aliphatic heterocycles. The molecule has 1 rings (SSSR count). The van der Waals surface area contributed by atoms with Crippen LogP contribution in [0, 0.1) is 0 Å². The molecule has 1 unspecified atom stereocenters. The fourth-order valence-electron chi connectivity index (χ4n) is 1.07. The Morgan fingerprint density at radius 2 is 1.87 bits per heavy atom. The summed E-state index contributed by atoms with van der Waals surface area (Å²) in [6.45, 7) is 0.746. The number of carboxylic acids is 1. The van der Waals surface area contributed by atoms with Crippen molar-refractivity contribution in [2.75, 3.05) is 0 Å². The Morgan fingerprint density at radius 3 is 2.27 bits per heavy atom. The maximum absolute atomic E-state index is 13.1. The standard InChI is InChI=1S/C9H9F2NO3/c1-8(15,9(10,11)7(13)14)6-2-4-12-5-3-6/h2-5,15H,1H3,(H,13,14). The molecule has 0 aliphatic rings. The van der Waals surface area contributed by atoms with Crippen LogP contribution in [0.3, 0.4) is 0 Å². The predicted molar refractivity (Wildman–Crippen MR) is 46.4 cm³/mol. The Labute approximate surface area is 84.2 Å². The summed E-state index contributed by atoms with van der Waals surface area (Å²) >= 11 is 0. The van der Waals surface area contributed by atoms with Crippen molar-refractivity contribution < 1.29 is 23.8 Å². The third kappa shape index (κ3) is 1.80. The van der Waals surface area contributed by atoms with Gasteiger partial charge in [-0.1, -0.05) is 0 Å². The van der Waals surface area contributed by atoms with Gasteiger partial charge in [0, 0.05) is 12.4 Å². The minimum absolute atomic E-state index is 0.204. The molecule has 1 heterocycles. The number of carbonyl (C=O) groups is 1. The highest BCUT2D eigenvalue weighted by Crippen LogP contribution is 2.37. The van der Waals surface area contributed by atoms with Gasteiger partial charge in [0.2, 0.25) is 0 Å². The quantitative estimate of drug-likeness (QED) is 0.792. The average Bonchev–Trinajstić information content (AvgIpc) is 2.18. The molecule has 4 nitrogen and oxygen atoms in total. The van der Waals surface area contributed by atoms with Gasteiger partial charge < -0.3 is 10.2 Å². The molecule has 0 spiro atoms. The average molecular weight is 217 g/mol. The third-order valence-electron chi connectivity index (χ3n) is 2.12. The molecule has 6 heteroatoms. The number of aliphatic carboxylic acids is 1. The number of aliphatic hydroxyl groups is 1. The molecule has 0 amide bonds. The number of hydrogen-bond donors (Lipinski definition) is 2. The van der Waals surface area contributed by atoms with Crippen LogP contribution in [0.25, 0.3) is 0 Å². The first-order chi connectivity index (χ1) is 6.80. The molecule has 0 bridgehead atoms. The molecule has 0 aliphatic carbocycles. The van der Waals surface area contributed by atoms with E-state index >= 15 is 0 Å². The Balaban J connectivity index is 3.19. The van der Waals surface area contributed by atoms with Crippen molar-refractivity contribution in [3.05, 3.63) is 30.1 Å². The molecule has 1 atom stereocenters. The summed E-state index contributed by atoms with van der Waals surface area (Å²) in [5.74, 6) is -6.63. The minimum atomic E-state index is -4.26. The minimum Gasteiger partial charge on any atom is -0.477 e. The lowest BCUT2D eigenvalue weighted by atomic mass is 9.90. The van der Waals surface area contributed by atoms with E-state index in [0.29, 0.717) is 0 Å². The fraction of sp³-hybridized carbons (Fsp3) is 0.333. The lowest BCUT2D eigenvalue weighted by Crippen LogP contribution is -2.48. The first kappa shape index (κ1) is 11.5. The van der Waals surface area contributed by atoms with Gasteiger partial charge in [0.15, 0.2) is 5.60 Å². The highest BCUT2D eigenvalue weighted by Gasteiger charge is 2.56. The highest BCUT2D eigenvalue weighted by atomic mass is 19.3. The zero-order chi connectivity index (χ0) is 11.7. The van der Waals surface area contributed by atoms with Crippen molar-refractivity contribution in [3.63, 3.8) is 0 Å². The SMILES string of the molecule is CC(O)(c1ccncc1)C(F)(F)C(=O)O. The van der Waals surface area contributed by atoms with Crippen molar-refractivity contribution >= 4 is 5.97 Å². The second-order valence-electron chi connectivity index (χ2n) is 3.19. The molecule has 1 aromatic heterocycles. The van der Waals surface area contributed by atoms with Crippen molar-refractivity contribution in [1.82, 2.24) is 4.98 Å². The van der Waals surface area contributed by atoms with Crippen LogP contribution in [0.1, 0.15) is 12.5 Å². The zero-order valence-corrected chi connectivity index (χ0v) is 7.82. The molecule has 2 N–H and O–H groups in total. The Bertz CT molecular complexity index is 365. The van der Waals surface area contributed by atoms with Crippen molar-refractivity contribution in [3.8, 4) is 0 Å². The number of rotatable bonds is 3. The topological polar surface area (TPSA) is 70.4 Å². The van der Waals surface area contributed by atoms with E-state index in [1.54, 1.807) is 0 Å². The molecule has 0 radical (unpaired) electrons. The third-order valence-corrected chi connectivity index (χ3v) is 2.12. The van der Waals surface area contributed by atoms with Gasteiger partial charge in [-0.25, -0.2) is 4.79 Å². The Hall–Kier alpha value is -1.56. The molecule has 82 valence electrons. The number of pyridine rings is 1. The van der Waals surface area contributed by atoms with Crippen LogP contribution in [0.4, 0.5) is 8.78 Å². The van der Waals surface area contributed by atoms with Crippen molar-refractivity contribution in [2.45, 2.75) is 18.4 Å². The Morgan fingerprint density at radius 1 is 1.40 bits per heavy atom. The van der Waals surface area contributed by atoms with Gasteiger partial charge in [-0.3, -0.25) is 4.98 Å². The zero-order valence-electron chi connectivity index (χ0n) is 7.82. The van der Waals surface area contributed by atoms with E-state index in [9.17, 15) is 18.7 Å². The van der Waals surface area contributed by atoms with Crippen LogP contribution in [0.5, 0.6) is 0 Å². The van der Waals surface area contributed by atoms with E-state index in [0.717, 1.165) is 19.1 Å². The second-order valence-corrected chi connectivity index (χ2v) is 3.19. The van der Waals surface area contributed by atoms with E-state index in [4.69, 9.17) is 5.11 Å². The van der Waals surface area contributed by atoms with Crippen LogP contribution >= 0.6 is 0 Å². The summed E-state index contributed by atoms with van der Waals surface area (Å²) in [6, 6.07) is 2.27. The Kier molecular flexibility index (Phi) is 2.72. The monoisotopic (exact) mass is 217 g/mol. The van der Waals surface area contributed by atoms with Gasteiger partial charge in [0.25, 0.3) is 0 Å². The summed E-state index contributed by atoms with van der Waals surface area (Å²) in [6.07, 6.45) is 2.39. The number of aromatic nitrogens is 1. The number of halogens is 2. The summed E-state index contributed by atoms with van der Waals surface area (Å²) in [5.41, 5.74) is -2.97.